The molecule has 2 aromatic rings. The van der Waals surface area contributed by atoms with Gasteiger partial charge >= 0.3 is 5.97 Å². The fourth-order valence-corrected chi connectivity index (χ4v) is 2.51. The molecule has 26 heavy (non-hydrogen) atoms. The van der Waals surface area contributed by atoms with Crippen LogP contribution in [0.2, 0.25) is 0 Å². The SMILES string of the molecule is COC(=O)C(=O)CCCCCc1ccc(OCc2ccc(F)cc2)cc1. The Morgan fingerprint density at radius 3 is 2.19 bits per heavy atom. The lowest BCUT2D eigenvalue weighted by atomic mass is 10.1. The lowest BCUT2D eigenvalue weighted by Gasteiger charge is -2.07. The summed E-state index contributed by atoms with van der Waals surface area (Å²) in [6.45, 7) is 0.397. The van der Waals surface area contributed by atoms with E-state index < -0.39 is 11.8 Å². The van der Waals surface area contributed by atoms with E-state index in [1.807, 2.05) is 24.3 Å². The van der Waals surface area contributed by atoms with Crippen LogP contribution in [0.1, 0.15) is 36.8 Å². The van der Waals surface area contributed by atoms with E-state index in [4.69, 9.17) is 4.74 Å². The Balaban J connectivity index is 1.66. The van der Waals surface area contributed by atoms with Gasteiger partial charge in [0.2, 0.25) is 5.78 Å². The number of halogens is 1. The zero-order valence-electron chi connectivity index (χ0n) is 14.9. The Kier molecular flexibility index (Phi) is 7.80. The van der Waals surface area contributed by atoms with Gasteiger partial charge in [-0.25, -0.2) is 9.18 Å². The number of ether oxygens (including phenoxy) is 2. The van der Waals surface area contributed by atoms with Crippen LogP contribution in [0.4, 0.5) is 4.39 Å². The Bertz CT molecular complexity index is 708. The molecule has 4 nitrogen and oxygen atoms in total. The molecule has 0 aliphatic carbocycles. The highest BCUT2D eigenvalue weighted by Gasteiger charge is 2.12. The highest BCUT2D eigenvalue weighted by atomic mass is 19.1. The molecule has 0 heterocycles. The zero-order chi connectivity index (χ0) is 18.8. The summed E-state index contributed by atoms with van der Waals surface area (Å²) in [4.78, 5) is 22.3. The van der Waals surface area contributed by atoms with Crippen LogP contribution in [0.25, 0.3) is 0 Å². The van der Waals surface area contributed by atoms with Crippen molar-refractivity contribution in [2.75, 3.05) is 7.11 Å². The molecule has 0 aliphatic heterocycles. The summed E-state index contributed by atoms with van der Waals surface area (Å²) in [5.41, 5.74) is 2.11. The van der Waals surface area contributed by atoms with Crippen LogP contribution in [0.15, 0.2) is 48.5 Å². The van der Waals surface area contributed by atoms with Crippen LogP contribution in [0.3, 0.4) is 0 Å². The first-order valence-electron chi connectivity index (χ1n) is 8.66. The summed E-state index contributed by atoms with van der Waals surface area (Å²) in [5.74, 6) is -0.717. The summed E-state index contributed by atoms with van der Waals surface area (Å²) in [6.07, 6.45) is 3.66. The van der Waals surface area contributed by atoms with E-state index in [-0.39, 0.29) is 12.2 Å². The quantitative estimate of drug-likeness (QED) is 0.362. The third-order valence-corrected chi connectivity index (χ3v) is 4.02. The molecule has 0 saturated heterocycles. The molecule has 0 spiro atoms. The lowest BCUT2D eigenvalue weighted by molar-refractivity contribution is -0.151. The van der Waals surface area contributed by atoms with Gasteiger partial charge in [0.1, 0.15) is 18.2 Å². The number of ketones is 1. The molecule has 138 valence electrons. The van der Waals surface area contributed by atoms with Crippen molar-refractivity contribution in [1.82, 2.24) is 0 Å². The van der Waals surface area contributed by atoms with E-state index in [2.05, 4.69) is 4.74 Å². The molecule has 0 fully saturated rings. The van der Waals surface area contributed by atoms with Crippen LogP contribution in [-0.2, 0) is 27.4 Å². The van der Waals surface area contributed by atoms with E-state index >= 15 is 0 Å². The third kappa shape index (κ3) is 6.67. The highest BCUT2D eigenvalue weighted by Crippen LogP contribution is 2.16. The minimum Gasteiger partial charge on any atom is -0.489 e. The second-order valence-corrected chi connectivity index (χ2v) is 6.03. The molecule has 0 amide bonds. The Morgan fingerprint density at radius 2 is 1.54 bits per heavy atom. The van der Waals surface area contributed by atoms with Gasteiger partial charge in [-0.1, -0.05) is 30.7 Å². The van der Waals surface area contributed by atoms with E-state index in [9.17, 15) is 14.0 Å². The maximum Gasteiger partial charge on any atom is 0.374 e. The predicted molar refractivity (Wildman–Crippen MR) is 96.4 cm³/mol. The summed E-state index contributed by atoms with van der Waals surface area (Å²) >= 11 is 0. The first-order valence-corrected chi connectivity index (χ1v) is 8.66. The fourth-order valence-electron chi connectivity index (χ4n) is 2.51. The zero-order valence-corrected chi connectivity index (χ0v) is 14.9. The number of hydrogen-bond donors (Lipinski definition) is 0. The van der Waals surface area contributed by atoms with Gasteiger partial charge in [0.15, 0.2) is 0 Å². The molecule has 2 aromatic carbocycles. The number of carbonyl (C=O) groups is 2. The number of hydrogen-bond acceptors (Lipinski definition) is 4. The minimum absolute atomic E-state index is 0.239. The monoisotopic (exact) mass is 358 g/mol. The van der Waals surface area contributed by atoms with Crippen molar-refractivity contribution in [3.63, 3.8) is 0 Å². The van der Waals surface area contributed by atoms with Gasteiger partial charge in [0.05, 0.1) is 7.11 Å². The molecule has 0 radical (unpaired) electrons. The number of methoxy groups -OCH3 is 1. The van der Waals surface area contributed by atoms with Gasteiger partial charge in [-0.05, 0) is 54.7 Å². The van der Waals surface area contributed by atoms with Gasteiger partial charge in [-0.2, -0.15) is 0 Å². The molecular weight excluding hydrogens is 335 g/mol. The normalized spacial score (nSPS) is 10.4. The Labute approximate surface area is 152 Å². The number of unbranched alkanes of at least 4 members (excludes halogenated alkanes) is 2. The van der Waals surface area contributed by atoms with Gasteiger partial charge in [-0.3, -0.25) is 4.79 Å². The van der Waals surface area contributed by atoms with Crippen molar-refractivity contribution < 1.29 is 23.5 Å². The smallest absolute Gasteiger partial charge is 0.374 e. The van der Waals surface area contributed by atoms with Gasteiger partial charge < -0.3 is 9.47 Å². The number of benzene rings is 2. The average molecular weight is 358 g/mol. The topological polar surface area (TPSA) is 52.6 Å². The van der Waals surface area contributed by atoms with Gasteiger partial charge in [-0.15, -0.1) is 0 Å². The van der Waals surface area contributed by atoms with Crippen molar-refractivity contribution in [2.24, 2.45) is 0 Å². The van der Waals surface area contributed by atoms with Crippen LogP contribution < -0.4 is 4.74 Å². The van der Waals surface area contributed by atoms with E-state index in [0.717, 1.165) is 30.6 Å². The van der Waals surface area contributed by atoms with Crippen LogP contribution in [-0.4, -0.2) is 18.9 Å². The van der Waals surface area contributed by atoms with Crippen molar-refractivity contribution in [3.05, 3.63) is 65.5 Å². The summed E-state index contributed by atoms with van der Waals surface area (Å²) in [7, 11) is 1.22. The summed E-state index contributed by atoms with van der Waals surface area (Å²) in [6, 6.07) is 14.1. The predicted octanol–water partition coefficient (Wildman–Crippen LogP) is 4.25. The summed E-state index contributed by atoms with van der Waals surface area (Å²) in [5, 5.41) is 0. The molecule has 5 heteroatoms. The van der Waals surface area contributed by atoms with E-state index in [0.29, 0.717) is 13.0 Å². The van der Waals surface area contributed by atoms with E-state index in [1.165, 1.54) is 24.8 Å². The molecule has 0 unspecified atom stereocenters. The molecule has 0 bridgehead atoms. The van der Waals surface area contributed by atoms with Gasteiger partial charge in [0, 0.05) is 6.42 Å². The molecule has 0 saturated carbocycles. The maximum absolute atomic E-state index is 12.9. The fraction of sp³-hybridized carbons (Fsp3) is 0.333. The molecule has 0 atom stereocenters. The molecule has 0 N–H and O–H groups in total. The third-order valence-electron chi connectivity index (χ3n) is 4.02. The number of carbonyl (C=O) groups excluding carboxylic acids is 2. The molecule has 0 aliphatic rings. The summed E-state index contributed by atoms with van der Waals surface area (Å²) < 4.78 is 22.9. The number of Topliss-reactive ketones (excluding diaryl/α,β-unsaturated/α-hetero) is 1. The number of rotatable bonds is 10. The van der Waals surface area contributed by atoms with Crippen molar-refractivity contribution in [1.29, 1.82) is 0 Å². The largest absolute Gasteiger partial charge is 0.489 e. The standard InChI is InChI=1S/C21H23FO4/c1-25-21(24)20(23)6-4-2-3-5-16-9-13-19(14-10-16)26-15-17-7-11-18(22)12-8-17/h7-14H,2-6,15H2,1H3. The number of aryl methyl sites for hydroxylation is 1. The Morgan fingerprint density at radius 1 is 0.885 bits per heavy atom. The highest BCUT2D eigenvalue weighted by molar-refractivity contribution is 6.33. The Hall–Kier alpha value is -2.69. The second kappa shape index (κ2) is 10.3. The first-order chi connectivity index (χ1) is 12.6. The van der Waals surface area contributed by atoms with Crippen LogP contribution in [0, 0.1) is 5.82 Å². The van der Waals surface area contributed by atoms with E-state index in [1.54, 1.807) is 12.1 Å². The minimum atomic E-state index is -0.763. The van der Waals surface area contributed by atoms with Gasteiger partial charge in [0.25, 0.3) is 0 Å². The van der Waals surface area contributed by atoms with Crippen LogP contribution >= 0.6 is 0 Å². The van der Waals surface area contributed by atoms with Crippen molar-refractivity contribution in [2.45, 2.75) is 38.7 Å². The van der Waals surface area contributed by atoms with Crippen molar-refractivity contribution >= 4 is 11.8 Å². The first kappa shape index (κ1) is 19.6. The molecule has 2 rings (SSSR count). The average Bonchev–Trinajstić information content (AvgIpc) is 2.67. The maximum atomic E-state index is 12.9. The van der Waals surface area contributed by atoms with Crippen molar-refractivity contribution in [3.8, 4) is 5.75 Å². The molecule has 0 aromatic heterocycles. The second-order valence-electron chi connectivity index (χ2n) is 6.03. The molecular formula is C21H23FO4. The number of esters is 1. The lowest BCUT2D eigenvalue weighted by Crippen LogP contribution is -2.14. The van der Waals surface area contributed by atoms with Crippen LogP contribution in [0.5, 0.6) is 5.75 Å².